The summed E-state index contributed by atoms with van der Waals surface area (Å²) in [6.07, 6.45) is 29.8. The Labute approximate surface area is 134 Å². The largest absolute Gasteiger partial charge is 0.478 e. The van der Waals surface area contributed by atoms with Gasteiger partial charge in [-0.25, -0.2) is 4.79 Å². The zero-order valence-electron chi connectivity index (χ0n) is 13.5. The van der Waals surface area contributed by atoms with Crippen molar-refractivity contribution in [2.75, 3.05) is 0 Å². The smallest absolute Gasteiger partial charge is 0.327 e. The molecule has 0 unspecified atom stereocenters. The summed E-state index contributed by atoms with van der Waals surface area (Å²) in [7, 11) is 0. The molecule has 0 spiro atoms. The first-order valence-corrected chi connectivity index (χ1v) is 7.91. The third-order valence-electron chi connectivity index (χ3n) is 2.69. The van der Waals surface area contributed by atoms with Gasteiger partial charge in [-0.3, -0.25) is 0 Å². The molecule has 0 fully saturated rings. The molecule has 0 rings (SSSR count). The lowest BCUT2D eigenvalue weighted by atomic mass is 10.2. The number of hydrogen-bond donors (Lipinski definition) is 1. The van der Waals surface area contributed by atoms with E-state index in [2.05, 4.69) is 55.5 Å². The Morgan fingerprint density at radius 1 is 0.636 bits per heavy atom. The summed E-state index contributed by atoms with van der Waals surface area (Å²) in [4.78, 5) is 10.2. The number of carboxylic acids is 1. The van der Waals surface area contributed by atoms with Crippen LogP contribution in [0.2, 0.25) is 0 Å². The van der Waals surface area contributed by atoms with Crippen LogP contribution in [0.25, 0.3) is 0 Å². The van der Waals surface area contributed by atoms with E-state index in [1.807, 2.05) is 12.2 Å². The molecule has 2 nitrogen and oxygen atoms in total. The van der Waals surface area contributed by atoms with Crippen LogP contribution in [0.15, 0.2) is 72.9 Å². The summed E-state index contributed by atoms with van der Waals surface area (Å²) in [5, 5.41) is 8.40. The Morgan fingerprint density at radius 3 is 1.27 bits per heavy atom. The van der Waals surface area contributed by atoms with Gasteiger partial charge in [0.05, 0.1) is 0 Å². The van der Waals surface area contributed by atoms with E-state index < -0.39 is 5.97 Å². The minimum atomic E-state index is -0.896. The molecule has 0 atom stereocenters. The maximum Gasteiger partial charge on any atom is 0.327 e. The first-order valence-electron chi connectivity index (χ1n) is 7.91. The van der Waals surface area contributed by atoms with Gasteiger partial charge in [-0.05, 0) is 38.5 Å². The van der Waals surface area contributed by atoms with Gasteiger partial charge in [0.2, 0.25) is 0 Å². The molecular weight excluding hydrogens is 272 g/mol. The van der Waals surface area contributed by atoms with Crippen molar-refractivity contribution in [3.63, 3.8) is 0 Å². The van der Waals surface area contributed by atoms with Crippen molar-refractivity contribution in [2.24, 2.45) is 0 Å². The van der Waals surface area contributed by atoms with Gasteiger partial charge in [0, 0.05) is 6.08 Å². The molecule has 0 saturated carbocycles. The van der Waals surface area contributed by atoms with Gasteiger partial charge >= 0.3 is 5.97 Å². The summed E-state index contributed by atoms with van der Waals surface area (Å²) >= 11 is 0. The topological polar surface area (TPSA) is 37.3 Å². The summed E-state index contributed by atoms with van der Waals surface area (Å²) in [5.41, 5.74) is 0. The second-order valence-corrected chi connectivity index (χ2v) is 4.68. The van der Waals surface area contributed by atoms with Crippen molar-refractivity contribution in [3.05, 3.63) is 72.9 Å². The summed E-state index contributed by atoms with van der Waals surface area (Å²) in [5.74, 6) is -0.896. The van der Waals surface area contributed by atoms with Crippen molar-refractivity contribution in [2.45, 2.75) is 45.4 Å². The van der Waals surface area contributed by atoms with E-state index in [1.165, 1.54) is 6.08 Å². The van der Waals surface area contributed by atoms with E-state index in [4.69, 9.17) is 5.11 Å². The lowest BCUT2D eigenvalue weighted by Crippen LogP contribution is -1.84. The van der Waals surface area contributed by atoms with E-state index in [-0.39, 0.29) is 0 Å². The van der Waals surface area contributed by atoms with Crippen molar-refractivity contribution in [3.8, 4) is 0 Å². The Bertz CT molecular complexity index is 435. The highest BCUT2D eigenvalue weighted by Crippen LogP contribution is 1.96. The highest BCUT2D eigenvalue weighted by Gasteiger charge is 1.81. The molecular formula is C20H28O2. The van der Waals surface area contributed by atoms with Crippen LogP contribution in [-0.4, -0.2) is 11.1 Å². The van der Waals surface area contributed by atoms with E-state index in [0.29, 0.717) is 6.42 Å². The maximum absolute atomic E-state index is 10.2. The average molecular weight is 300 g/mol. The van der Waals surface area contributed by atoms with Crippen LogP contribution in [0.4, 0.5) is 0 Å². The summed E-state index contributed by atoms with van der Waals surface area (Å²) in [6, 6.07) is 0. The Balaban J connectivity index is 3.53. The fourth-order valence-electron chi connectivity index (χ4n) is 1.59. The van der Waals surface area contributed by atoms with Crippen molar-refractivity contribution >= 4 is 5.97 Å². The number of aliphatic carboxylic acids is 1. The number of hydrogen-bond acceptors (Lipinski definition) is 1. The lowest BCUT2D eigenvalue weighted by molar-refractivity contribution is -0.131. The zero-order chi connectivity index (χ0) is 16.3. The Morgan fingerprint density at radius 2 is 0.955 bits per heavy atom. The van der Waals surface area contributed by atoms with Gasteiger partial charge in [-0.2, -0.15) is 0 Å². The van der Waals surface area contributed by atoms with Crippen LogP contribution >= 0.6 is 0 Å². The average Bonchev–Trinajstić information content (AvgIpc) is 2.50. The van der Waals surface area contributed by atoms with E-state index in [1.54, 1.807) is 6.08 Å². The molecule has 0 saturated heterocycles. The summed E-state index contributed by atoms with van der Waals surface area (Å²) < 4.78 is 0. The predicted molar refractivity (Wildman–Crippen MR) is 95.9 cm³/mol. The molecule has 2 heteroatoms. The van der Waals surface area contributed by atoms with Crippen LogP contribution < -0.4 is 0 Å². The molecule has 0 aliphatic carbocycles. The number of carboxylic acid groups (broad SMARTS) is 1. The fourth-order valence-corrected chi connectivity index (χ4v) is 1.59. The maximum atomic E-state index is 10.2. The van der Waals surface area contributed by atoms with Gasteiger partial charge in [0.15, 0.2) is 0 Å². The molecule has 0 radical (unpaired) electrons. The number of rotatable bonds is 12. The second kappa shape index (κ2) is 17.0. The highest BCUT2D eigenvalue weighted by atomic mass is 16.4. The molecule has 0 aliphatic rings. The number of allylic oxidation sites excluding steroid dienone is 11. The Kier molecular flexibility index (Phi) is 15.4. The first kappa shape index (κ1) is 19.9. The fraction of sp³-hybridized carbons (Fsp3) is 0.350. The lowest BCUT2D eigenvalue weighted by Gasteiger charge is -1.85. The number of carbonyl (C=O) groups is 1. The monoisotopic (exact) mass is 300 g/mol. The van der Waals surface area contributed by atoms with E-state index in [9.17, 15) is 4.79 Å². The zero-order valence-corrected chi connectivity index (χ0v) is 13.5. The normalized spacial score (nSPS) is 13.1. The minimum Gasteiger partial charge on any atom is -0.478 e. The van der Waals surface area contributed by atoms with Crippen LogP contribution in [0.5, 0.6) is 0 Å². The van der Waals surface area contributed by atoms with Crippen LogP contribution in [0.3, 0.4) is 0 Å². The molecule has 1 N–H and O–H groups in total. The van der Waals surface area contributed by atoms with Crippen LogP contribution in [0, 0.1) is 0 Å². The Hall–Kier alpha value is -2.09. The SMILES string of the molecule is CC/C=C\C/C=C\C/C=C\C/C=C\C/C=C\C/C=C\C(=O)O. The highest BCUT2D eigenvalue weighted by molar-refractivity contribution is 5.79. The first-order chi connectivity index (χ1) is 10.8. The van der Waals surface area contributed by atoms with Crippen molar-refractivity contribution in [1.82, 2.24) is 0 Å². The van der Waals surface area contributed by atoms with Crippen molar-refractivity contribution in [1.29, 1.82) is 0 Å². The summed E-state index contributed by atoms with van der Waals surface area (Å²) in [6.45, 7) is 2.14. The van der Waals surface area contributed by atoms with Crippen LogP contribution in [0.1, 0.15) is 45.4 Å². The standard InChI is InChI=1S/C20H28O2/c1-2-3-4-5-6-7-8-9-10-11-12-13-14-15-16-17-18-19-20(21)22/h3-4,6-7,9-10,12-13,15-16,18-19H,2,5,8,11,14,17H2,1H3,(H,21,22)/b4-3-,7-6-,10-9-,13-12-,16-15-,19-18-. The molecule has 0 aromatic rings. The quantitative estimate of drug-likeness (QED) is 0.367. The van der Waals surface area contributed by atoms with Crippen LogP contribution in [-0.2, 0) is 4.79 Å². The third-order valence-corrected chi connectivity index (χ3v) is 2.69. The molecule has 0 heterocycles. The second-order valence-electron chi connectivity index (χ2n) is 4.68. The molecule has 0 aliphatic heterocycles. The molecule has 0 aromatic carbocycles. The molecule has 0 bridgehead atoms. The van der Waals surface area contributed by atoms with Gasteiger partial charge in [-0.1, -0.05) is 73.8 Å². The third kappa shape index (κ3) is 17.9. The molecule has 0 amide bonds. The molecule has 0 aromatic heterocycles. The minimum absolute atomic E-state index is 0.666. The van der Waals surface area contributed by atoms with Gasteiger partial charge in [0.1, 0.15) is 0 Å². The van der Waals surface area contributed by atoms with E-state index in [0.717, 1.165) is 32.1 Å². The van der Waals surface area contributed by atoms with Crippen molar-refractivity contribution < 1.29 is 9.90 Å². The van der Waals surface area contributed by atoms with Gasteiger partial charge in [0.25, 0.3) is 0 Å². The predicted octanol–water partition coefficient (Wildman–Crippen LogP) is 5.77. The van der Waals surface area contributed by atoms with Gasteiger partial charge in [-0.15, -0.1) is 0 Å². The van der Waals surface area contributed by atoms with Gasteiger partial charge < -0.3 is 5.11 Å². The molecule has 120 valence electrons. The molecule has 22 heavy (non-hydrogen) atoms. The van der Waals surface area contributed by atoms with E-state index >= 15 is 0 Å².